The van der Waals surface area contributed by atoms with Crippen molar-refractivity contribution in [3.8, 4) is 11.5 Å². The van der Waals surface area contributed by atoms with E-state index in [9.17, 15) is 13.5 Å². The number of methoxy groups -OCH3 is 1. The van der Waals surface area contributed by atoms with Gasteiger partial charge in [0.25, 0.3) is 0 Å². The number of ether oxygens (including phenoxy) is 1. The van der Waals surface area contributed by atoms with Gasteiger partial charge in [-0.2, -0.15) is 13.6 Å². The molecule has 0 unspecified atom stereocenters. The van der Waals surface area contributed by atoms with Gasteiger partial charge in [-0.05, 0) is 91.4 Å². The lowest BCUT2D eigenvalue weighted by atomic mass is 9.54. The molecule has 3 N–H and O–H groups in total. The van der Waals surface area contributed by atoms with E-state index in [1.165, 1.54) is 12.7 Å². The maximum Gasteiger partial charge on any atom is 0.380 e. The zero-order chi connectivity index (χ0) is 19.4. The zero-order valence-electron chi connectivity index (χ0n) is 16.0. The highest BCUT2D eigenvalue weighted by Gasteiger charge is 2.56. The number of fused-ring (bicyclic) bond motifs is 5. The van der Waals surface area contributed by atoms with Crippen molar-refractivity contribution in [1.82, 2.24) is 0 Å². The molecular formula is C20H29NO5S. The van der Waals surface area contributed by atoms with Crippen LogP contribution in [0.4, 0.5) is 0 Å². The third kappa shape index (κ3) is 3.04. The van der Waals surface area contributed by atoms with Crippen LogP contribution < -0.4 is 14.1 Å². The third-order valence-electron chi connectivity index (χ3n) is 7.54. The van der Waals surface area contributed by atoms with Crippen LogP contribution in [0.25, 0.3) is 0 Å². The average Bonchev–Trinajstić information content (AvgIpc) is 2.96. The van der Waals surface area contributed by atoms with E-state index in [0.29, 0.717) is 23.5 Å². The monoisotopic (exact) mass is 395 g/mol. The van der Waals surface area contributed by atoms with Gasteiger partial charge in [0.05, 0.1) is 13.2 Å². The molecule has 1 aromatic carbocycles. The molecule has 7 heteroatoms. The molecule has 4 rings (SSSR count). The Labute approximate surface area is 161 Å². The van der Waals surface area contributed by atoms with Crippen LogP contribution in [-0.4, -0.2) is 26.7 Å². The largest absolute Gasteiger partial charge is 0.493 e. The molecule has 5 atom stereocenters. The van der Waals surface area contributed by atoms with Crippen molar-refractivity contribution in [2.24, 2.45) is 22.4 Å². The van der Waals surface area contributed by atoms with Crippen LogP contribution in [-0.2, 0) is 16.7 Å². The Kier molecular flexibility index (Phi) is 4.68. The first kappa shape index (κ1) is 19.0. The minimum atomic E-state index is -4.10. The highest BCUT2D eigenvalue weighted by Crippen LogP contribution is 2.62. The van der Waals surface area contributed by atoms with Gasteiger partial charge in [0, 0.05) is 0 Å². The summed E-state index contributed by atoms with van der Waals surface area (Å²) in [5.74, 6) is 2.13. The fourth-order valence-electron chi connectivity index (χ4n) is 6.39. The highest BCUT2D eigenvalue weighted by atomic mass is 32.2. The van der Waals surface area contributed by atoms with Gasteiger partial charge in [0.2, 0.25) is 0 Å². The van der Waals surface area contributed by atoms with E-state index in [1.54, 1.807) is 6.07 Å². The van der Waals surface area contributed by atoms with Crippen molar-refractivity contribution in [2.75, 3.05) is 7.11 Å². The normalized spacial score (nSPS) is 35.1. The lowest BCUT2D eigenvalue weighted by Crippen LogP contribution is -2.45. The summed E-state index contributed by atoms with van der Waals surface area (Å²) < 4.78 is 33.1. The van der Waals surface area contributed by atoms with Gasteiger partial charge in [0.1, 0.15) is 0 Å². The number of benzene rings is 1. The number of hydrogen-bond acceptors (Lipinski definition) is 5. The van der Waals surface area contributed by atoms with E-state index < -0.39 is 10.3 Å². The minimum Gasteiger partial charge on any atom is -0.493 e. The van der Waals surface area contributed by atoms with Gasteiger partial charge >= 0.3 is 10.3 Å². The number of aliphatic hydroxyl groups excluding tert-OH is 1. The topological polar surface area (TPSA) is 98.9 Å². The van der Waals surface area contributed by atoms with Crippen molar-refractivity contribution in [2.45, 2.75) is 63.9 Å². The maximum absolute atomic E-state index is 11.4. The summed E-state index contributed by atoms with van der Waals surface area (Å²) in [5, 5.41) is 15.7. The summed E-state index contributed by atoms with van der Waals surface area (Å²) in [6.07, 6.45) is 6.94. The van der Waals surface area contributed by atoms with E-state index in [2.05, 4.69) is 6.92 Å². The first-order valence-corrected chi connectivity index (χ1v) is 11.4. The highest BCUT2D eigenvalue weighted by molar-refractivity contribution is 7.84. The molecule has 6 nitrogen and oxygen atoms in total. The van der Waals surface area contributed by atoms with Crippen molar-refractivity contribution in [3.63, 3.8) is 0 Å². The van der Waals surface area contributed by atoms with Gasteiger partial charge in [-0.1, -0.05) is 6.92 Å². The molecule has 150 valence electrons. The Hall–Kier alpha value is -1.31. The Morgan fingerprint density at radius 3 is 2.67 bits per heavy atom. The zero-order valence-corrected chi connectivity index (χ0v) is 16.8. The SMILES string of the molecule is CC[C@]12CC[C@@H]3c4cc(OC)c(OS(N)(=O)=O)cc4CC[C@H]3[C@@H]1CC[C@H]2O. The van der Waals surface area contributed by atoms with Crippen LogP contribution >= 0.6 is 0 Å². The lowest BCUT2D eigenvalue weighted by Gasteiger charge is -2.51. The number of rotatable bonds is 4. The van der Waals surface area contributed by atoms with E-state index >= 15 is 0 Å². The molecule has 0 bridgehead atoms. The van der Waals surface area contributed by atoms with Gasteiger partial charge in [-0.3, -0.25) is 0 Å². The van der Waals surface area contributed by atoms with Gasteiger partial charge in [-0.15, -0.1) is 0 Å². The summed E-state index contributed by atoms with van der Waals surface area (Å²) in [4.78, 5) is 0. The molecule has 0 spiro atoms. The third-order valence-corrected chi connectivity index (χ3v) is 7.96. The molecule has 27 heavy (non-hydrogen) atoms. The molecule has 0 saturated heterocycles. The second kappa shape index (κ2) is 6.64. The summed E-state index contributed by atoms with van der Waals surface area (Å²) >= 11 is 0. The molecule has 2 fully saturated rings. The van der Waals surface area contributed by atoms with Crippen molar-refractivity contribution in [3.05, 3.63) is 23.3 Å². The summed E-state index contributed by atoms with van der Waals surface area (Å²) in [6.45, 7) is 2.22. The van der Waals surface area contributed by atoms with Crippen LogP contribution in [0.5, 0.6) is 11.5 Å². The Bertz CT molecular complexity index is 839. The molecule has 2 saturated carbocycles. The molecule has 0 radical (unpaired) electrons. The molecule has 0 aliphatic heterocycles. The predicted molar refractivity (Wildman–Crippen MR) is 102 cm³/mol. The Morgan fingerprint density at radius 2 is 2.00 bits per heavy atom. The minimum absolute atomic E-state index is 0.0828. The summed E-state index contributed by atoms with van der Waals surface area (Å²) in [5.41, 5.74) is 2.45. The number of hydrogen-bond donors (Lipinski definition) is 2. The average molecular weight is 396 g/mol. The van der Waals surface area contributed by atoms with E-state index in [-0.39, 0.29) is 17.3 Å². The van der Waals surface area contributed by atoms with E-state index in [1.807, 2.05) is 6.07 Å². The van der Waals surface area contributed by atoms with Crippen LogP contribution in [0.15, 0.2) is 12.1 Å². The number of aliphatic hydroxyl groups is 1. The van der Waals surface area contributed by atoms with Crippen molar-refractivity contribution >= 4 is 10.3 Å². The molecular weight excluding hydrogens is 366 g/mol. The maximum atomic E-state index is 11.4. The van der Waals surface area contributed by atoms with Crippen LogP contribution in [0, 0.1) is 17.3 Å². The molecule has 0 aromatic heterocycles. The Morgan fingerprint density at radius 1 is 1.22 bits per heavy atom. The number of aryl methyl sites for hydroxylation is 1. The van der Waals surface area contributed by atoms with Gasteiger partial charge < -0.3 is 14.0 Å². The first-order valence-electron chi connectivity index (χ1n) is 9.90. The predicted octanol–water partition coefficient (Wildman–Crippen LogP) is 2.88. The van der Waals surface area contributed by atoms with Gasteiger partial charge in [-0.25, -0.2) is 0 Å². The van der Waals surface area contributed by atoms with Crippen molar-refractivity contribution in [1.29, 1.82) is 0 Å². The second-order valence-electron chi connectivity index (χ2n) is 8.41. The molecule has 0 heterocycles. The fraction of sp³-hybridized carbons (Fsp3) is 0.700. The number of nitrogens with two attached hydrogens (primary N) is 1. The van der Waals surface area contributed by atoms with Crippen LogP contribution in [0.1, 0.15) is 62.5 Å². The summed E-state index contributed by atoms with van der Waals surface area (Å²) in [7, 11) is -2.59. The molecule has 3 aliphatic carbocycles. The molecule has 0 amide bonds. The fourth-order valence-corrected chi connectivity index (χ4v) is 6.77. The standard InChI is InChI=1S/C20H29NO5S/c1-3-20-9-8-13-14(16(20)6-7-19(20)22)5-4-12-10-18(26-27(21,23)24)17(25-2)11-15(12)13/h10-11,13-14,16,19,22H,3-9H2,1-2H3,(H2,21,23,24)/t13-,14+,16-,19+,20-/m0/s1. The second-order valence-corrected chi connectivity index (χ2v) is 9.56. The quantitative estimate of drug-likeness (QED) is 0.817. The lowest BCUT2D eigenvalue weighted by molar-refractivity contribution is -0.0394. The van der Waals surface area contributed by atoms with Crippen LogP contribution in [0.3, 0.4) is 0 Å². The smallest absolute Gasteiger partial charge is 0.380 e. The van der Waals surface area contributed by atoms with E-state index in [0.717, 1.165) is 50.5 Å². The first-order chi connectivity index (χ1) is 12.8. The van der Waals surface area contributed by atoms with Crippen LogP contribution in [0.2, 0.25) is 0 Å². The Balaban J connectivity index is 1.70. The van der Waals surface area contributed by atoms with E-state index in [4.69, 9.17) is 14.1 Å². The molecule has 3 aliphatic rings. The van der Waals surface area contributed by atoms with Crippen molar-refractivity contribution < 1.29 is 22.4 Å². The molecule has 1 aromatic rings. The van der Waals surface area contributed by atoms with Gasteiger partial charge in [0.15, 0.2) is 11.5 Å². The summed E-state index contributed by atoms with van der Waals surface area (Å²) in [6, 6.07) is 3.72.